The minimum atomic E-state index is -0.686. The summed E-state index contributed by atoms with van der Waals surface area (Å²) in [6.45, 7) is 4.14. The van der Waals surface area contributed by atoms with Gasteiger partial charge in [-0.2, -0.15) is 10.4 Å². The average Bonchev–Trinajstić information content (AvgIpc) is 3.00. The molecular weight excluding hydrogens is 280 g/mol. The standard InChI is InChI=1S/C16H18N4O2/c1-12(11-20-9-5-8-18-20)19-16(21)13(2)22-15-7-4-3-6-14(15)10-17/h3-9,12-13H,11H2,1-2H3,(H,19,21)/t12-,13-/m1/s1. The summed E-state index contributed by atoms with van der Waals surface area (Å²) in [7, 11) is 0. The minimum absolute atomic E-state index is 0.0790. The van der Waals surface area contributed by atoms with Crippen LogP contribution < -0.4 is 10.1 Å². The number of nitrogens with zero attached hydrogens (tertiary/aromatic N) is 3. The number of benzene rings is 1. The number of para-hydroxylation sites is 1. The van der Waals surface area contributed by atoms with Gasteiger partial charge in [-0.1, -0.05) is 12.1 Å². The first kappa shape index (κ1) is 15.6. The summed E-state index contributed by atoms with van der Waals surface area (Å²) in [5.41, 5.74) is 0.409. The van der Waals surface area contributed by atoms with E-state index in [2.05, 4.69) is 10.4 Å². The van der Waals surface area contributed by atoms with Crippen LogP contribution >= 0.6 is 0 Å². The summed E-state index contributed by atoms with van der Waals surface area (Å²) in [4.78, 5) is 12.1. The number of hydrogen-bond acceptors (Lipinski definition) is 4. The van der Waals surface area contributed by atoms with Crippen LogP contribution in [0, 0.1) is 11.3 Å². The van der Waals surface area contributed by atoms with E-state index in [4.69, 9.17) is 10.00 Å². The number of ether oxygens (including phenoxy) is 1. The molecule has 2 rings (SSSR count). The van der Waals surface area contributed by atoms with Crippen LogP contribution in [0.5, 0.6) is 5.75 Å². The van der Waals surface area contributed by atoms with Gasteiger partial charge >= 0.3 is 0 Å². The zero-order valence-corrected chi connectivity index (χ0v) is 12.6. The van der Waals surface area contributed by atoms with Crippen LogP contribution in [0.3, 0.4) is 0 Å². The number of nitriles is 1. The quantitative estimate of drug-likeness (QED) is 0.880. The molecule has 0 aliphatic carbocycles. The Morgan fingerprint density at radius 2 is 2.18 bits per heavy atom. The van der Waals surface area contributed by atoms with Crippen molar-refractivity contribution in [2.24, 2.45) is 0 Å². The highest BCUT2D eigenvalue weighted by molar-refractivity contribution is 5.81. The molecule has 6 heteroatoms. The number of hydrogen-bond donors (Lipinski definition) is 1. The zero-order valence-electron chi connectivity index (χ0n) is 12.6. The molecule has 1 amide bonds. The van der Waals surface area contributed by atoms with Gasteiger partial charge in [0.05, 0.1) is 12.1 Å². The number of carbonyl (C=O) groups is 1. The van der Waals surface area contributed by atoms with Crippen LogP contribution in [0.2, 0.25) is 0 Å². The summed E-state index contributed by atoms with van der Waals surface area (Å²) >= 11 is 0. The number of nitrogens with one attached hydrogen (secondary N) is 1. The molecule has 114 valence electrons. The van der Waals surface area contributed by atoms with Crippen molar-refractivity contribution >= 4 is 5.91 Å². The van der Waals surface area contributed by atoms with E-state index >= 15 is 0 Å². The predicted molar refractivity (Wildman–Crippen MR) is 81.1 cm³/mol. The molecule has 2 aromatic rings. The smallest absolute Gasteiger partial charge is 0.261 e. The van der Waals surface area contributed by atoms with Crippen molar-refractivity contribution in [3.8, 4) is 11.8 Å². The van der Waals surface area contributed by atoms with E-state index in [0.29, 0.717) is 17.9 Å². The highest BCUT2D eigenvalue weighted by Gasteiger charge is 2.18. The second-order valence-corrected chi connectivity index (χ2v) is 5.01. The van der Waals surface area contributed by atoms with Crippen molar-refractivity contribution in [1.29, 1.82) is 5.26 Å². The zero-order chi connectivity index (χ0) is 15.9. The van der Waals surface area contributed by atoms with Gasteiger partial charge in [0.15, 0.2) is 6.10 Å². The van der Waals surface area contributed by atoms with Gasteiger partial charge in [-0.25, -0.2) is 0 Å². The van der Waals surface area contributed by atoms with Gasteiger partial charge < -0.3 is 10.1 Å². The van der Waals surface area contributed by atoms with Gasteiger partial charge in [0.2, 0.25) is 0 Å². The van der Waals surface area contributed by atoms with Gasteiger partial charge in [-0.05, 0) is 32.0 Å². The van der Waals surface area contributed by atoms with Crippen LogP contribution in [0.25, 0.3) is 0 Å². The number of amides is 1. The molecule has 1 N–H and O–H groups in total. The van der Waals surface area contributed by atoms with Gasteiger partial charge in [0, 0.05) is 18.4 Å². The van der Waals surface area contributed by atoms with Crippen molar-refractivity contribution in [3.63, 3.8) is 0 Å². The molecule has 0 radical (unpaired) electrons. The monoisotopic (exact) mass is 298 g/mol. The molecule has 0 bridgehead atoms. The number of carbonyl (C=O) groups excluding carboxylic acids is 1. The van der Waals surface area contributed by atoms with Gasteiger partial charge in [0.25, 0.3) is 5.91 Å². The largest absolute Gasteiger partial charge is 0.480 e. The Bertz CT molecular complexity index is 661. The lowest BCUT2D eigenvalue weighted by atomic mass is 10.2. The van der Waals surface area contributed by atoms with E-state index in [1.807, 2.05) is 25.3 Å². The molecule has 1 aromatic carbocycles. The van der Waals surface area contributed by atoms with Gasteiger partial charge in [-0.3, -0.25) is 9.48 Å². The van der Waals surface area contributed by atoms with E-state index in [1.54, 1.807) is 42.1 Å². The molecule has 2 atom stereocenters. The first-order valence-electron chi connectivity index (χ1n) is 7.03. The summed E-state index contributed by atoms with van der Waals surface area (Å²) in [5, 5.41) is 16.0. The van der Waals surface area contributed by atoms with Crippen molar-refractivity contribution in [2.45, 2.75) is 32.5 Å². The predicted octanol–water partition coefficient (Wildman–Crippen LogP) is 1.73. The summed E-state index contributed by atoms with van der Waals surface area (Å²) in [6, 6.07) is 10.6. The maximum Gasteiger partial charge on any atom is 0.261 e. The van der Waals surface area contributed by atoms with E-state index in [1.165, 1.54) is 0 Å². The SMILES string of the molecule is C[C@H](Cn1cccn1)NC(=O)[C@@H](C)Oc1ccccc1C#N. The third kappa shape index (κ3) is 4.09. The molecule has 0 aliphatic rings. The Morgan fingerprint density at radius 3 is 2.86 bits per heavy atom. The topological polar surface area (TPSA) is 79.9 Å². The number of rotatable bonds is 6. The average molecular weight is 298 g/mol. The Morgan fingerprint density at radius 1 is 1.41 bits per heavy atom. The molecule has 1 heterocycles. The highest BCUT2D eigenvalue weighted by Crippen LogP contribution is 2.18. The highest BCUT2D eigenvalue weighted by atomic mass is 16.5. The fraction of sp³-hybridized carbons (Fsp3) is 0.312. The third-order valence-electron chi connectivity index (χ3n) is 3.09. The fourth-order valence-corrected chi connectivity index (χ4v) is 2.00. The molecule has 0 saturated heterocycles. The molecule has 1 aromatic heterocycles. The van der Waals surface area contributed by atoms with Crippen LogP contribution in [0.4, 0.5) is 0 Å². The molecule has 6 nitrogen and oxygen atoms in total. The molecule has 0 fully saturated rings. The van der Waals surface area contributed by atoms with Crippen LogP contribution in [0.15, 0.2) is 42.7 Å². The Balaban J connectivity index is 1.90. The van der Waals surface area contributed by atoms with E-state index in [0.717, 1.165) is 0 Å². The Kier molecular flexibility index (Phi) is 5.15. The van der Waals surface area contributed by atoms with Crippen LogP contribution in [0.1, 0.15) is 19.4 Å². The maximum atomic E-state index is 12.1. The lowest BCUT2D eigenvalue weighted by molar-refractivity contribution is -0.128. The number of aromatic nitrogens is 2. The molecule has 0 saturated carbocycles. The molecular formula is C16H18N4O2. The molecule has 0 aliphatic heterocycles. The first-order valence-corrected chi connectivity index (χ1v) is 7.03. The first-order chi connectivity index (χ1) is 10.6. The van der Waals surface area contributed by atoms with E-state index < -0.39 is 6.10 Å². The fourth-order valence-electron chi connectivity index (χ4n) is 2.00. The lowest BCUT2D eigenvalue weighted by Gasteiger charge is -2.19. The van der Waals surface area contributed by atoms with Crippen molar-refractivity contribution in [2.75, 3.05) is 0 Å². The molecule has 0 unspecified atom stereocenters. The van der Waals surface area contributed by atoms with E-state index in [9.17, 15) is 4.79 Å². The van der Waals surface area contributed by atoms with Crippen molar-refractivity contribution in [1.82, 2.24) is 15.1 Å². The van der Waals surface area contributed by atoms with Gasteiger partial charge in [-0.15, -0.1) is 0 Å². The van der Waals surface area contributed by atoms with E-state index in [-0.39, 0.29) is 11.9 Å². The maximum absolute atomic E-state index is 12.1. The van der Waals surface area contributed by atoms with Gasteiger partial charge in [0.1, 0.15) is 11.8 Å². The molecule has 22 heavy (non-hydrogen) atoms. The van der Waals surface area contributed by atoms with Crippen LogP contribution in [-0.4, -0.2) is 27.8 Å². The minimum Gasteiger partial charge on any atom is -0.480 e. The summed E-state index contributed by atoms with van der Waals surface area (Å²) < 4.78 is 7.33. The second kappa shape index (κ2) is 7.27. The summed E-state index contributed by atoms with van der Waals surface area (Å²) in [5.74, 6) is 0.180. The summed E-state index contributed by atoms with van der Waals surface area (Å²) in [6.07, 6.45) is 2.85. The lowest BCUT2D eigenvalue weighted by Crippen LogP contribution is -2.43. The third-order valence-corrected chi connectivity index (χ3v) is 3.09. The second-order valence-electron chi connectivity index (χ2n) is 5.01. The van der Waals surface area contributed by atoms with Crippen molar-refractivity contribution in [3.05, 3.63) is 48.3 Å². The Hall–Kier alpha value is -2.81. The van der Waals surface area contributed by atoms with Crippen molar-refractivity contribution < 1.29 is 9.53 Å². The Labute approximate surface area is 129 Å². The van der Waals surface area contributed by atoms with Crippen LogP contribution in [-0.2, 0) is 11.3 Å². The molecule has 0 spiro atoms. The normalized spacial score (nSPS) is 13.0.